The highest BCUT2D eigenvalue weighted by Crippen LogP contribution is 2.52. The van der Waals surface area contributed by atoms with Crippen LogP contribution in [-0.4, -0.2) is 33.2 Å². The van der Waals surface area contributed by atoms with Gasteiger partial charge in [0.05, 0.1) is 13.5 Å². The van der Waals surface area contributed by atoms with Crippen LogP contribution in [0, 0.1) is 0 Å². The lowest BCUT2D eigenvalue weighted by Gasteiger charge is -2.29. The Labute approximate surface area is 212 Å². The Morgan fingerprint density at radius 3 is 2.51 bits per heavy atom. The van der Waals surface area contributed by atoms with Gasteiger partial charge in [0.25, 0.3) is 0 Å². The van der Waals surface area contributed by atoms with Crippen molar-refractivity contribution in [1.82, 2.24) is 4.98 Å². The molecule has 1 aliphatic heterocycles. The fraction of sp³-hybridized carbons (Fsp3) is 0.167. The Bertz CT molecular complexity index is 1670. The maximum absolute atomic E-state index is 13.2. The molecule has 0 fully saturated rings. The van der Waals surface area contributed by atoms with Gasteiger partial charge in [-0.25, -0.2) is 0 Å². The SMILES string of the molecule is COc1c(O)c(CCc2cccc3c2ccc2[nH]ccc23)c2c(c1O)C(=O)CC(c1ccc(O)cc1)O2. The highest BCUT2D eigenvalue weighted by molar-refractivity contribution is 6.07. The van der Waals surface area contributed by atoms with E-state index in [0.717, 1.165) is 27.2 Å². The number of aromatic hydroxyl groups is 3. The molecule has 0 saturated carbocycles. The number of hydrogen-bond donors (Lipinski definition) is 4. The van der Waals surface area contributed by atoms with Crippen LogP contribution in [0.15, 0.2) is 66.9 Å². The average molecular weight is 496 g/mol. The highest BCUT2D eigenvalue weighted by Gasteiger charge is 2.36. The monoisotopic (exact) mass is 495 g/mol. The van der Waals surface area contributed by atoms with Crippen molar-refractivity contribution in [2.24, 2.45) is 0 Å². The van der Waals surface area contributed by atoms with Gasteiger partial charge >= 0.3 is 0 Å². The van der Waals surface area contributed by atoms with Gasteiger partial charge in [0.15, 0.2) is 17.3 Å². The van der Waals surface area contributed by atoms with Crippen LogP contribution in [0.1, 0.15) is 39.6 Å². The summed E-state index contributed by atoms with van der Waals surface area (Å²) in [5, 5.41) is 34.9. The maximum atomic E-state index is 13.2. The van der Waals surface area contributed by atoms with Crippen molar-refractivity contribution in [3.8, 4) is 28.7 Å². The number of aryl methyl sites for hydroxylation is 1. The number of ether oxygens (including phenoxy) is 2. The van der Waals surface area contributed by atoms with Gasteiger partial charge in [-0.2, -0.15) is 0 Å². The van der Waals surface area contributed by atoms with Gasteiger partial charge in [-0.1, -0.05) is 36.4 Å². The van der Waals surface area contributed by atoms with Crippen LogP contribution in [-0.2, 0) is 12.8 Å². The highest BCUT2D eigenvalue weighted by atomic mass is 16.5. The van der Waals surface area contributed by atoms with E-state index in [1.165, 1.54) is 19.2 Å². The molecular weight excluding hydrogens is 470 g/mol. The number of H-pyrrole nitrogens is 1. The van der Waals surface area contributed by atoms with Crippen LogP contribution in [0.25, 0.3) is 21.7 Å². The van der Waals surface area contributed by atoms with E-state index in [2.05, 4.69) is 23.2 Å². The molecule has 0 bridgehead atoms. The topological polar surface area (TPSA) is 112 Å². The fourth-order valence-electron chi connectivity index (χ4n) is 5.32. The molecule has 37 heavy (non-hydrogen) atoms. The molecule has 7 nitrogen and oxygen atoms in total. The average Bonchev–Trinajstić information content (AvgIpc) is 3.38. The first-order valence-corrected chi connectivity index (χ1v) is 12.1. The number of Topliss-reactive ketones (excluding diaryl/α,β-unsaturated/α-hetero) is 1. The molecule has 1 atom stereocenters. The van der Waals surface area contributed by atoms with Gasteiger partial charge in [-0.15, -0.1) is 0 Å². The third-order valence-corrected chi connectivity index (χ3v) is 7.16. The Kier molecular flexibility index (Phi) is 5.41. The predicted molar refractivity (Wildman–Crippen MR) is 140 cm³/mol. The summed E-state index contributed by atoms with van der Waals surface area (Å²) in [5.41, 5.74) is 3.28. The number of fused-ring (bicyclic) bond motifs is 4. The number of rotatable bonds is 5. The predicted octanol–water partition coefficient (Wildman–Crippen LogP) is 5.94. The quantitative estimate of drug-likeness (QED) is 0.240. The van der Waals surface area contributed by atoms with Crippen LogP contribution in [0.2, 0.25) is 0 Å². The second kappa shape index (κ2) is 8.78. The number of aromatic nitrogens is 1. The molecule has 0 aliphatic carbocycles. The first-order chi connectivity index (χ1) is 18.0. The van der Waals surface area contributed by atoms with E-state index in [1.807, 2.05) is 24.4 Å². The van der Waals surface area contributed by atoms with Gasteiger partial charge in [0, 0.05) is 22.7 Å². The van der Waals surface area contributed by atoms with Crippen molar-refractivity contribution in [1.29, 1.82) is 0 Å². The Morgan fingerprint density at radius 2 is 1.73 bits per heavy atom. The lowest BCUT2D eigenvalue weighted by atomic mass is 9.90. The zero-order valence-electron chi connectivity index (χ0n) is 20.1. The largest absolute Gasteiger partial charge is 0.508 e. The van der Waals surface area contributed by atoms with Crippen LogP contribution in [0.3, 0.4) is 0 Å². The first-order valence-electron chi connectivity index (χ1n) is 12.1. The fourth-order valence-corrected chi connectivity index (χ4v) is 5.32. The number of ketones is 1. The number of phenolic OH excluding ortho intramolecular Hbond substituents is 3. The molecule has 7 heteroatoms. The number of hydrogen-bond acceptors (Lipinski definition) is 6. The zero-order chi connectivity index (χ0) is 25.7. The third kappa shape index (κ3) is 3.71. The van der Waals surface area contributed by atoms with Crippen LogP contribution in [0.4, 0.5) is 0 Å². The second-order valence-electron chi connectivity index (χ2n) is 9.26. The minimum Gasteiger partial charge on any atom is -0.508 e. The van der Waals surface area contributed by atoms with Gasteiger partial charge in [-0.05, 0) is 59.0 Å². The molecule has 1 aliphatic rings. The smallest absolute Gasteiger partial charge is 0.204 e. The molecule has 4 aromatic carbocycles. The van der Waals surface area contributed by atoms with Gasteiger partial charge in [0.1, 0.15) is 23.2 Å². The summed E-state index contributed by atoms with van der Waals surface area (Å²) in [6, 6.07) is 18.8. The van der Waals surface area contributed by atoms with Crippen molar-refractivity contribution in [2.75, 3.05) is 7.11 Å². The van der Waals surface area contributed by atoms with E-state index in [4.69, 9.17) is 9.47 Å². The van der Waals surface area contributed by atoms with Crippen molar-refractivity contribution >= 4 is 27.5 Å². The second-order valence-corrected chi connectivity index (χ2v) is 9.26. The summed E-state index contributed by atoms with van der Waals surface area (Å²) in [6.07, 6.45) is 2.22. The molecule has 0 amide bonds. The number of phenols is 3. The van der Waals surface area contributed by atoms with Crippen molar-refractivity contribution in [2.45, 2.75) is 25.4 Å². The molecule has 2 heterocycles. The van der Waals surface area contributed by atoms with E-state index in [1.54, 1.807) is 12.1 Å². The summed E-state index contributed by atoms with van der Waals surface area (Å²) in [5.74, 6) is -0.839. The lowest BCUT2D eigenvalue weighted by Crippen LogP contribution is -2.22. The summed E-state index contributed by atoms with van der Waals surface area (Å²) in [6.45, 7) is 0. The summed E-state index contributed by atoms with van der Waals surface area (Å²) < 4.78 is 11.5. The third-order valence-electron chi connectivity index (χ3n) is 7.16. The molecule has 0 saturated heterocycles. The summed E-state index contributed by atoms with van der Waals surface area (Å²) in [7, 11) is 1.34. The Balaban J connectivity index is 1.42. The van der Waals surface area contributed by atoms with Gasteiger partial charge < -0.3 is 29.8 Å². The number of carbonyl (C=O) groups excluding carboxylic acids is 1. The molecule has 1 unspecified atom stereocenters. The van der Waals surface area contributed by atoms with Gasteiger partial charge in [-0.3, -0.25) is 4.79 Å². The van der Waals surface area contributed by atoms with Crippen LogP contribution < -0.4 is 9.47 Å². The molecule has 0 radical (unpaired) electrons. The van der Waals surface area contributed by atoms with E-state index in [-0.39, 0.29) is 40.8 Å². The lowest BCUT2D eigenvalue weighted by molar-refractivity contribution is 0.0840. The number of nitrogens with one attached hydrogen (secondary N) is 1. The van der Waals surface area contributed by atoms with Crippen molar-refractivity contribution in [3.05, 3.63) is 89.1 Å². The minimum absolute atomic E-state index is 0.00862. The number of carbonyl (C=O) groups is 1. The molecular formula is C30H25NO6. The standard InChI is InChI=1S/C30H25NO6/c1-36-30-27(34)22(10-7-16-3-2-4-20-19(16)11-12-23-21(20)13-14-31-23)29-26(28(30)35)24(33)15-25(37-29)17-5-8-18(32)9-6-17/h2-6,8-9,11-14,25,31-32,34-35H,7,10,15H2,1H3. The van der Waals surface area contributed by atoms with Crippen LogP contribution in [0.5, 0.6) is 28.7 Å². The Hall–Kier alpha value is -4.65. The summed E-state index contributed by atoms with van der Waals surface area (Å²) >= 11 is 0. The molecule has 4 N–H and O–H groups in total. The van der Waals surface area contributed by atoms with Gasteiger partial charge in [0.2, 0.25) is 5.75 Å². The van der Waals surface area contributed by atoms with E-state index in [0.29, 0.717) is 24.0 Å². The number of benzene rings is 4. The number of methoxy groups -OCH3 is 1. The Morgan fingerprint density at radius 1 is 0.919 bits per heavy atom. The van der Waals surface area contributed by atoms with Crippen molar-refractivity contribution in [3.63, 3.8) is 0 Å². The molecule has 6 rings (SSSR count). The van der Waals surface area contributed by atoms with E-state index < -0.39 is 11.9 Å². The van der Waals surface area contributed by atoms with Crippen molar-refractivity contribution < 1.29 is 29.6 Å². The molecule has 1 aromatic heterocycles. The maximum Gasteiger partial charge on any atom is 0.204 e. The van der Waals surface area contributed by atoms with E-state index >= 15 is 0 Å². The zero-order valence-corrected chi connectivity index (χ0v) is 20.1. The normalized spacial score (nSPS) is 15.1. The van der Waals surface area contributed by atoms with Crippen LogP contribution >= 0.6 is 0 Å². The molecule has 186 valence electrons. The summed E-state index contributed by atoms with van der Waals surface area (Å²) in [4.78, 5) is 16.4. The number of aromatic amines is 1. The van der Waals surface area contributed by atoms with E-state index in [9.17, 15) is 20.1 Å². The first kappa shape index (κ1) is 22.8. The minimum atomic E-state index is -0.619. The molecule has 0 spiro atoms. The molecule has 5 aromatic rings.